The summed E-state index contributed by atoms with van der Waals surface area (Å²) in [6, 6.07) is 9.03. The SMILES string of the molecule is CCC(NCc1ccc(C)cc1)c1nccs1. The molecule has 0 saturated heterocycles. The molecule has 1 heterocycles. The summed E-state index contributed by atoms with van der Waals surface area (Å²) < 4.78 is 0. The van der Waals surface area contributed by atoms with Crippen molar-refractivity contribution in [3.8, 4) is 0 Å². The smallest absolute Gasteiger partial charge is 0.109 e. The van der Waals surface area contributed by atoms with Crippen LogP contribution in [-0.2, 0) is 6.54 Å². The van der Waals surface area contributed by atoms with Gasteiger partial charge in [0.2, 0.25) is 0 Å². The first-order valence-electron chi connectivity index (χ1n) is 5.98. The molecule has 3 heteroatoms. The van der Waals surface area contributed by atoms with E-state index in [4.69, 9.17) is 0 Å². The average molecular weight is 246 g/mol. The third-order valence-corrected chi connectivity index (χ3v) is 3.72. The van der Waals surface area contributed by atoms with Crippen LogP contribution in [0.5, 0.6) is 0 Å². The van der Waals surface area contributed by atoms with Gasteiger partial charge in [-0.3, -0.25) is 0 Å². The van der Waals surface area contributed by atoms with E-state index in [0.29, 0.717) is 6.04 Å². The van der Waals surface area contributed by atoms with Gasteiger partial charge in [0, 0.05) is 18.1 Å². The summed E-state index contributed by atoms with van der Waals surface area (Å²) in [5.74, 6) is 0. The highest BCUT2D eigenvalue weighted by atomic mass is 32.1. The first kappa shape index (κ1) is 12.3. The van der Waals surface area contributed by atoms with E-state index in [1.807, 2.05) is 11.6 Å². The van der Waals surface area contributed by atoms with Crippen LogP contribution in [0.15, 0.2) is 35.8 Å². The molecule has 0 bridgehead atoms. The second-order valence-electron chi connectivity index (χ2n) is 4.20. The number of rotatable bonds is 5. The molecule has 1 N–H and O–H groups in total. The normalized spacial score (nSPS) is 12.6. The Kier molecular flexibility index (Phi) is 4.29. The maximum atomic E-state index is 4.37. The standard InChI is InChI=1S/C14H18N2S/c1-3-13(14-15-8-9-17-14)16-10-12-6-4-11(2)5-7-12/h4-9,13,16H,3,10H2,1-2H3. The van der Waals surface area contributed by atoms with Crippen molar-refractivity contribution in [2.24, 2.45) is 0 Å². The third kappa shape index (κ3) is 3.38. The minimum atomic E-state index is 0.372. The number of hydrogen-bond donors (Lipinski definition) is 1. The summed E-state index contributed by atoms with van der Waals surface area (Å²) >= 11 is 1.72. The largest absolute Gasteiger partial charge is 0.304 e. The van der Waals surface area contributed by atoms with Gasteiger partial charge in [-0.25, -0.2) is 4.98 Å². The number of nitrogens with zero attached hydrogens (tertiary/aromatic N) is 1. The van der Waals surface area contributed by atoms with Crippen LogP contribution in [0.3, 0.4) is 0 Å². The summed E-state index contributed by atoms with van der Waals surface area (Å²) in [7, 11) is 0. The van der Waals surface area contributed by atoms with E-state index in [0.717, 1.165) is 13.0 Å². The molecule has 2 aromatic rings. The van der Waals surface area contributed by atoms with E-state index in [-0.39, 0.29) is 0 Å². The van der Waals surface area contributed by atoms with Crippen LogP contribution in [-0.4, -0.2) is 4.98 Å². The molecule has 2 nitrogen and oxygen atoms in total. The fourth-order valence-electron chi connectivity index (χ4n) is 1.76. The fourth-order valence-corrected chi connectivity index (χ4v) is 2.56. The molecule has 1 aromatic heterocycles. The number of nitrogens with one attached hydrogen (secondary N) is 1. The summed E-state index contributed by atoms with van der Waals surface area (Å²) in [6.45, 7) is 5.20. The lowest BCUT2D eigenvalue weighted by Crippen LogP contribution is -2.20. The lowest BCUT2D eigenvalue weighted by molar-refractivity contribution is 0.516. The van der Waals surface area contributed by atoms with E-state index in [1.165, 1.54) is 16.1 Å². The molecule has 1 atom stereocenters. The Hall–Kier alpha value is -1.19. The molecule has 0 fully saturated rings. The highest BCUT2D eigenvalue weighted by Gasteiger charge is 2.10. The van der Waals surface area contributed by atoms with Crippen molar-refractivity contribution in [2.45, 2.75) is 32.9 Å². The van der Waals surface area contributed by atoms with Crippen LogP contribution < -0.4 is 5.32 Å². The number of aromatic nitrogens is 1. The molecule has 0 amide bonds. The van der Waals surface area contributed by atoms with E-state index in [2.05, 4.69) is 48.4 Å². The third-order valence-electron chi connectivity index (χ3n) is 2.83. The van der Waals surface area contributed by atoms with Crippen molar-refractivity contribution in [1.29, 1.82) is 0 Å². The molecule has 1 aromatic carbocycles. The van der Waals surface area contributed by atoms with Gasteiger partial charge in [-0.15, -0.1) is 11.3 Å². The highest BCUT2D eigenvalue weighted by Crippen LogP contribution is 2.19. The second-order valence-corrected chi connectivity index (χ2v) is 5.12. The Labute approximate surface area is 107 Å². The van der Waals surface area contributed by atoms with E-state index >= 15 is 0 Å². The fraction of sp³-hybridized carbons (Fsp3) is 0.357. The van der Waals surface area contributed by atoms with Gasteiger partial charge in [-0.1, -0.05) is 36.8 Å². The lowest BCUT2D eigenvalue weighted by atomic mass is 10.1. The zero-order valence-electron chi connectivity index (χ0n) is 10.3. The summed E-state index contributed by atoms with van der Waals surface area (Å²) in [4.78, 5) is 4.37. The van der Waals surface area contributed by atoms with Gasteiger partial charge in [0.1, 0.15) is 5.01 Å². The van der Waals surface area contributed by atoms with E-state index in [1.54, 1.807) is 11.3 Å². The number of aryl methyl sites for hydroxylation is 1. The van der Waals surface area contributed by atoms with Crippen molar-refractivity contribution in [3.63, 3.8) is 0 Å². The lowest BCUT2D eigenvalue weighted by Gasteiger charge is -2.14. The number of thiazole rings is 1. The van der Waals surface area contributed by atoms with Gasteiger partial charge in [0.15, 0.2) is 0 Å². The topological polar surface area (TPSA) is 24.9 Å². The Morgan fingerprint density at radius 2 is 2.06 bits per heavy atom. The maximum absolute atomic E-state index is 4.37. The van der Waals surface area contributed by atoms with Crippen molar-refractivity contribution in [2.75, 3.05) is 0 Å². The molecule has 90 valence electrons. The predicted octanol–water partition coefficient (Wildman–Crippen LogP) is 3.69. The first-order chi connectivity index (χ1) is 8.29. The molecule has 0 aliphatic carbocycles. The molecule has 17 heavy (non-hydrogen) atoms. The molecule has 1 unspecified atom stereocenters. The molecular formula is C14H18N2S. The highest BCUT2D eigenvalue weighted by molar-refractivity contribution is 7.09. The van der Waals surface area contributed by atoms with Gasteiger partial charge < -0.3 is 5.32 Å². The van der Waals surface area contributed by atoms with Crippen LogP contribution in [0.2, 0.25) is 0 Å². The van der Waals surface area contributed by atoms with Crippen LogP contribution in [0, 0.1) is 6.92 Å². The Morgan fingerprint density at radius 3 is 2.65 bits per heavy atom. The minimum absolute atomic E-state index is 0.372. The van der Waals surface area contributed by atoms with Crippen LogP contribution in [0.1, 0.15) is 35.5 Å². The quantitative estimate of drug-likeness (QED) is 0.870. The van der Waals surface area contributed by atoms with Crippen LogP contribution >= 0.6 is 11.3 Å². The maximum Gasteiger partial charge on any atom is 0.109 e. The second kappa shape index (κ2) is 5.94. The molecule has 0 saturated carbocycles. The van der Waals surface area contributed by atoms with E-state index in [9.17, 15) is 0 Å². The summed E-state index contributed by atoms with van der Waals surface area (Å²) in [5, 5.41) is 6.77. The van der Waals surface area contributed by atoms with Crippen molar-refractivity contribution in [1.82, 2.24) is 10.3 Å². The van der Waals surface area contributed by atoms with E-state index < -0.39 is 0 Å². The first-order valence-corrected chi connectivity index (χ1v) is 6.86. The predicted molar refractivity (Wildman–Crippen MR) is 73.2 cm³/mol. The Balaban J connectivity index is 1.94. The minimum Gasteiger partial charge on any atom is -0.304 e. The van der Waals surface area contributed by atoms with Gasteiger partial charge in [0.05, 0.1) is 6.04 Å². The zero-order chi connectivity index (χ0) is 12.1. The molecule has 0 aliphatic rings. The molecule has 0 aliphatic heterocycles. The van der Waals surface area contributed by atoms with Gasteiger partial charge in [-0.05, 0) is 18.9 Å². The Morgan fingerprint density at radius 1 is 1.29 bits per heavy atom. The van der Waals surface area contributed by atoms with Gasteiger partial charge in [0.25, 0.3) is 0 Å². The Bertz CT molecular complexity index is 434. The molecule has 0 radical (unpaired) electrons. The van der Waals surface area contributed by atoms with Crippen molar-refractivity contribution in [3.05, 3.63) is 52.0 Å². The monoisotopic (exact) mass is 246 g/mol. The molecule has 0 spiro atoms. The average Bonchev–Trinajstić information content (AvgIpc) is 2.86. The summed E-state index contributed by atoms with van der Waals surface area (Å²) in [5.41, 5.74) is 2.63. The zero-order valence-corrected chi connectivity index (χ0v) is 11.1. The number of hydrogen-bond acceptors (Lipinski definition) is 3. The van der Waals surface area contributed by atoms with Crippen molar-refractivity contribution < 1.29 is 0 Å². The van der Waals surface area contributed by atoms with Crippen molar-refractivity contribution >= 4 is 11.3 Å². The molecular weight excluding hydrogens is 228 g/mol. The van der Waals surface area contributed by atoms with Crippen LogP contribution in [0.4, 0.5) is 0 Å². The molecule has 2 rings (SSSR count). The summed E-state index contributed by atoms with van der Waals surface area (Å²) in [6.07, 6.45) is 2.94. The van der Waals surface area contributed by atoms with Gasteiger partial charge in [-0.2, -0.15) is 0 Å². The number of benzene rings is 1. The van der Waals surface area contributed by atoms with Crippen LogP contribution in [0.25, 0.3) is 0 Å². The van der Waals surface area contributed by atoms with Gasteiger partial charge >= 0.3 is 0 Å².